The molecule has 1 aliphatic heterocycles. The summed E-state index contributed by atoms with van der Waals surface area (Å²) in [5.74, 6) is 3.70. The lowest BCUT2D eigenvalue weighted by Gasteiger charge is -2.22. The molecule has 1 saturated heterocycles. The molecule has 0 bridgehead atoms. The van der Waals surface area contributed by atoms with Crippen LogP contribution in [0.2, 0.25) is 0 Å². The molecule has 0 aromatic heterocycles. The van der Waals surface area contributed by atoms with E-state index in [-0.39, 0.29) is 29.7 Å². The van der Waals surface area contributed by atoms with Crippen LogP contribution in [0.5, 0.6) is 11.5 Å². The zero-order valence-electron chi connectivity index (χ0n) is 15.9. The second kappa shape index (κ2) is 10.2. The highest BCUT2D eigenvalue weighted by Gasteiger charge is 2.35. The number of guanidine groups is 1. The highest BCUT2D eigenvalue weighted by molar-refractivity contribution is 14.0. The zero-order valence-corrected chi connectivity index (χ0v) is 18.2. The average molecular weight is 473 g/mol. The Labute approximate surface area is 174 Å². The topological polar surface area (TPSA) is 57.1 Å². The van der Waals surface area contributed by atoms with Crippen molar-refractivity contribution in [1.82, 2.24) is 10.2 Å². The third-order valence-corrected chi connectivity index (χ3v) is 5.55. The molecule has 26 heavy (non-hydrogen) atoms. The van der Waals surface area contributed by atoms with E-state index in [2.05, 4.69) is 17.1 Å². The molecule has 2 atom stereocenters. The van der Waals surface area contributed by atoms with Gasteiger partial charge < -0.3 is 20.1 Å². The van der Waals surface area contributed by atoms with Gasteiger partial charge >= 0.3 is 0 Å². The Bertz CT molecular complexity index is 595. The number of aliphatic imine (C=N–C) groups is 1. The molecular weight excluding hydrogens is 441 g/mol. The summed E-state index contributed by atoms with van der Waals surface area (Å²) in [6.45, 7) is 5.97. The van der Waals surface area contributed by atoms with E-state index in [1.165, 1.54) is 25.7 Å². The maximum atomic E-state index is 10.1. The van der Waals surface area contributed by atoms with Crippen LogP contribution in [0.15, 0.2) is 23.2 Å². The van der Waals surface area contributed by atoms with Crippen LogP contribution in [0.1, 0.15) is 38.2 Å². The summed E-state index contributed by atoms with van der Waals surface area (Å²) in [5, 5.41) is 13.5. The number of rotatable bonds is 5. The normalized spacial score (nSPS) is 22.5. The number of benzene rings is 1. The first-order valence-electron chi connectivity index (χ1n) is 9.60. The van der Waals surface area contributed by atoms with E-state index in [9.17, 15) is 5.11 Å². The smallest absolute Gasteiger partial charge is 0.193 e. The van der Waals surface area contributed by atoms with Gasteiger partial charge in [0.05, 0.1) is 7.11 Å². The molecule has 0 spiro atoms. The van der Waals surface area contributed by atoms with E-state index in [0.29, 0.717) is 12.3 Å². The number of methoxy groups -OCH3 is 1. The van der Waals surface area contributed by atoms with Gasteiger partial charge in [0, 0.05) is 32.2 Å². The van der Waals surface area contributed by atoms with Crippen LogP contribution in [-0.2, 0) is 6.42 Å². The Morgan fingerprint density at radius 2 is 1.96 bits per heavy atom. The predicted molar refractivity (Wildman–Crippen MR) is 117 cm³/mol. The lowest BCUT2D eigenvalue weighted by atomic mass is 9.82. The fourth-order valence-electron chi connectivity index (χ4n) is 4.17. The second-order valence-electron chi connectivity index (χ2n) is 7.19. The first-order chi connectivity index (χ1) is 12.2. The molecule has 2 aliphatic rings. The number of phenols is 1. The van der Waals surface area contributed by atoms with E-state index < -0.39 is 0 Å². The van der Waals surface area contributed by atoms with Gasteiger partial charge in [-0.15, -0.1) is 24.0 Å². The number of nitrogens with zero attached hydrogens (tertiary/aromatic N) is 2. The average Bonchev–Trinajstić information content (AvgIpc) is 3.06. The monoisotopic (exact) mass is 473 g/mol. The zero-order chi connectivity index (χ0) is 17.6. The molecule has 2 N–H and O–H groups in total. The number of likely N-dealkylation sites (tertiary alicyclic amines) is 1. The summed E-state index contributed by atoms with van der Waals surface area (Å²) >= 11 is 0. The summed E-state index contributed by atoms with van der Waals surface area (Å²) in [7, 11) is 1.61. The second-order valence-corrected chi connectivity index (χ2v) is 7.19. The quantitative estimate of drug-likeness (QED) is 0.390. The summed E-state index contributed by atoms with van der Waals surface area (Å²) in [6.07, 6.45) is 6.25. The molecule has 1 aliphatic carbocycles. The number of nitrogens with one attached hydrogen (secondary N) is 1. The molecule has 0 radical (unpaired) electrons. The van der Waals surface area contributed by atoms with Gasteiger partial charge in [0.1, 0.15) is 11.5 Å². The molecule has 3 rings (SSSR count). The number of halogens is 1. The van der Waals surface area contributed by atoms with E-state index in [1.54, 1.807) is 13.2 Å². The van der Waals surface area contributed by atoms with Crippen molar-refractivity contribution in [3.63, 3.8) is 0 Å². The molecule has 1 aromatic carbocycles. The van der Waals surface area contributed by atoms with Gasteiger partial charge in [0.25, 0.3) is 0 Å². The third kappa shape index (κ3) is 5.18. The number of aromatic hydroxyl groups is 1. The highest BCUT2D eigenvalue weighted by Crippen LogP contribution is 2.36. The van der Waals surface area contributed by atoms with Crippen molar-refractivity contribution in [1.29, 1.82) is 0 Å². The maximum Gasteiger partial charge on any atom is 0.193 e. The van der Waals surface area contributed by atoms with Crippen LogP contribution in [0, 0.1) is 11.8 Å². The van der Waals surface area contributed by atoms with Gasteiger partial charge in [-0.1, -0.05) is 18.9 Å². The fourth-order valence-corrected chi connectivity index (χ4v) is 4.17. The van der Waals surface area contributed by atoms with Crippen LogP contribution in [0.25, 0.3) is 0 Å². The Kier molecular flexibility index (Phi) is 8.31. The van der Waals surface area contributed by atoms with Crippen molar-refractivity contribution < 1.29 is 9.84 Å². The third-order valence-electron chi connectivity index (χ3n) is 5.55. The van der Waals surface area contributed by atoms with E-state index >= 15 is 0 Å². The van der Waals surface area contributed by atoms with Crippen molar-refractivity contribution >= 4 is 29.9 Å². The molecular formula is C20H32IN3O2. The number of ether oxygens (including phenoxy) is 1. The van der Waals surface area contributed by atoms with Crippen LogP contribution in [-0.4, -0.2) is 49.3 Å². The number of fused-ring (bicyclic) bond motifs is 1. The molecule has 1 saturated carbocycles. The van der Waals surface area contributed by atoms with E-state index in [0.717, 1.165) is 49.4 Å². The molecule has 1 aromatic rings. The van der Waals surface area contributed by atoms with Gasteiger partial charge in [-0.2, -0.15) is 0 Å². The fraction of sp³-hybridized carbons (Fsp3) is 0.650. The molecule has 2 unspecified atom stereocenters. The minimum atomic E-state index is 0. The number of phenolic OH excluding ortho intramolecular Hbond substituents is 1. The summed E-state index contributed by atoms with van der Waals surface area (Å²) < 4.78 is 5.13. The summed E-state index contributed by atoms with van der Waals surface area (Å²) in [4.78, 5) is 7.26. The lowest BCUT2D eigenvalue weighted by Crippen LogP contribution is -2.40. The van der Waals surface area contributed by atoms with Crippen LogP contribution < -0.4 is 10.1 Å². The Morgan fingerprint density at radius 3 is 2.54 bits per heavy atom. The minimum absolute atomic E-state index is 0. The first-order valence-corrected chi connectivity index (χ1v) is 9.60. The highest BCUT2D eigenvalue weighted by atomic mass is 127. The first kappa shape index (κ1) is 21.1. The molecule has 1 heterocycles. The Balaban J connectivity index is 0.00000243. The van der Waals surface area contributed by atoms with E-state index in [4.69, 9.17) is 9.73 Å². The van der Waals surface area contributed by atoms with Gasteiger partial charge in [-0.25, -0.2) is 0 Å². The van der Waals surface area contributed by atoms with Crippen molar-refractivity contribution in [3.05, 3.63) is 23.8 Å². The van der Waals surface area contributed by atoms with Gasteiger partial charge in [0.2, 0.25) is 0 Å². The Hall–Kier alpha value is -1.18. The lowest BCUT2D eigenvalue weighted by molar-refractivity contribution is 0.299. The SMILES string of the molecule is CCNC(=NCCc1ccc(OC)cc1O)N1CC2CCCCC2C1.I. The molecule has 146 valence electrons. The van der Waals surface area contributed by atoms with Gasteiger partial charge in [-0.3, -0.25) is 4.99 Å². The van der Waals surface area contributed by atoms with Crippen molar-refractivity contribution in [2.75, 3.05) is 33.3 Å². The maximum absolute atomic E-state index is 10.1. The molecule has 2 fully saturated rings. The predicted octanol–water partition coefficient (Wildman–Crippen LogP) is 3.65. The van der Waals surface area contributed by atoms with Gasteiger partial charge in [0.15, 0.2) is 5.96 Å². The van der Waals surface area contributed by atoms with Crippen molar-refractivity contribution in [3.8, 4) is 11.5 Å². The standard InChI is InChI=1S/C20H31N3O2.HI/c1-3-21-20(23-13-16-6-4-5-7-17(16)14-23)22-11-10-15-8-9-18(25-2)12-19(15)24;/h8-9,12,16-17,24H,3-7,10-11,13-14H2,1-2H3,(H,21,22);1H. The van der Waals surface area contributed by atoms with E-state index in [1.807, 2.05) is 12.1 Å². The van der Waals surface area contributed by atoms with Crippen LogP contribution in [0.3, 0.4) is 0 Å². The molecule has 5 nitrogen and oxygen atoms in total. The largest absolute Gasteiger partial charge is 0.508 e. The summed E-state index contributed by atoms with van der Waals surface area (Å²) in [5.41, 5.74) is 0.912. The molecule has 0 amide bonds. The van der Waals surface area contributed by atoms with Crippen molar-refractivity contribution in [2.24, 2.45) is 16.8 Å². The Morgan fingerprint density at radius 1 is 1.27 bits per heavy atom. The summed E-state index contributed by atoms with van der Waals surface area (Å²) in [6, 6.07) is 5.46. The number of hydrogen-bond acceptors (Lipinski definition) is 3. The molecule has 6 heteroatoms. The van der Waals surface area contributed by atoms with Crippen LogP contribution in [0.4, 0.5) is 0 Å². The minimum Gasteiger partial charge on any atom is -0.508 e. The van der Waals surface area contributed by atoms with Crippen molar-refractivity contribution in [2.45, 2.75) is 39.0 Å². The van der Waals surface area contributed by atoms with Crippen LogP contribution >= 0.6 is 24.0 Å². The van der Waals surface area contributed by atoms with Gasteiger partial charge in [-0.05, 0) is 49.7 Å². The number of hydrogen-bond donors (Lipinski definition) is 2.